The van der Waals surface area contributed by atoms with Crippen molar-refractivity contribution in [2.24, 2.45) is 0 Å². The van der Waals surface area contributed by atoms with E-state index in [1.54, 1.807) is 31.4 Å². The molecule has 176 valence electrons. The molecule has 3 aromatic carbocycles. The molecule has 1 heterocycles. The lowest BCUT2D eigenvalue weighted by molar-refractivity contribution is 0.415. The number of rotatable bonds is 7. The largest absolute Gasteiger partial charge is 0.497 e. The molecule has 0 fully saturated rings. The third-order valence-corrected chi connectivity index (χ3v) is 8.78. The Balaban J connectivity index is 1.70. The number of benzene rings is 3. The molecule has 1 N–H and O–H groups in total. The minimum absolute atomic E-state index is 0.118. The summed E-state index contributed by atoms with van der Waals surface area (Å²) in [5, 5.41) is 1.46. The van der Waals surface area contributed by atoms with Crippen LogP contribution < -0.4 is 9.46 Å². The average Bonchev–Trinajstić information content (AvgIpc) is 3.23. The molecule has 0 amide bonds. The molecule has 34 heavy (non-hydrogen) atoms. The standard InChI is InChI=1S/C25H20Cl3NO3S2/c1-15-3-9-20(13-23(15)27)34(30,31)29-14-19-12-22(21-10-6-17(26)11-24(21)28)25(33-19)16-4-7-18(32-2)8-5-16/h3-13,29H,14H2,1-2H3. The molecule has 0 saturated heterocycles. The van der Waals surface area contributed by atoms with Crippen molar-refractivity contribution in [3.8, 4) is 27.3 Å². The minimum Gasteiger partial charge on any atom is -0.497 e. The maximum atomic E-state index is 12.8. The fraction of sp³-hybridized carbons (Fsp3) is 0.120. The van der Waals surface area contributed by atoms with Crippen molar-refractivity contribution < 1.29 is 13.2 Å². The summed E-state index contributed by atoms with van der Waals surface area (Å²) >= 11 is 20.2. The van der Waals surface area contributed by atoms with Crippen LogP contribution in [-0.2, 0) is 16.6 Å². The first kappa shape index (κ1) is 25.0. The Morgan fingerprint density at radius 2 is 1.62 bits per heavy atom. The summed E-state index contributed by atoms with van der Waals surface area (Å²) in [6.45, 7) is 1.94. The fourth-order valence-electron chi connectivity index (χ4n) is 3.38. The molecule has 0 bridgehead atoms. The van der Waals surface area contributed by atoms with E-state index in [9.17, 15) is 8.42 Å². The summed E-state index contributed by atoms with van der Waals surface area (Å²) in [4.78, 5) is 1.91. The molecule has 0 unspecified atom stereocenters. The van der Waals surface area contributed by atoms with Crippen molar-refractivity contribution in [2.45, 2.75) is 18.4 Å². The van der Waals surface area contributed by atoms with Gasteiger partial charge in [0.2, 0.25) is 10.0 Å². The molecule has 9 heteroatoms. The summed E-state index contributed by atoms with van der Waals surface area (Å²) in [6.07, 6.45) is 0. The van der Waals surface area contributed by atoms with E-state index in [0.29, 0.717) is 15.1 Å². The van der Waals surface area contributed by atoms with Gasteiger partial charge < -0.3 is 4.74 Å². The van der Waals surface area contributed by atoms with Crippen molar-refractivity contribution in [3.63, 3.8) is 0 Å². The van der Waals surface area contributed by atoms with Gasteiger partial charge >= 0.3 is 0 Å². The Labute approximate surface area is 218 Å². The number of ether oxygens (including phenoxy) is 1. The highest BCUT2D eigenvalue weighted by Gasteiger charge is 2.19. The second-order valence-electron chi connectivity index (χ2n) is 7.54. The Morgan fingerprint density at radius 1 is 0.882 bits per heavy atom. The van der Waals surface area contributed by atoms with Crippen LogP contribution in [0.2, 0.25) is 15.1 Å². The lowest BCUT2D eigenvalue weighted by atomic mass is 10.0. The van der Waals surface area contributed by atoms with Gasteiger partial charge in [0.25, 0.3) is 0 Å². The van der Waals surface area contributed by atoms with Crippen molar-refractivity contribution >= 4 is 56.2 Å². The Morgan fingerprint density at radius 3 is 2.26 bits per heavy atom. The van der Waals surface area contributed by atoms with Gasteiger partial charge in [-0.15, -0.1) is 11.3 Å². The number of nitrogens with one attached hydrogen (secondary N) is 1. The van der Waals surface area contributed by atoms with Gasteiger partial charge in [-0.1, -0.05) is 46.9 Å². The quantitative estimate of drug-likeness (QED) is 0.254. The van der Waals surface area contributed by atoms with Crippen LogP contribution in [0.25, 0.3) is 21.6 Å². The summed E-state index contributed by atoms with van der Waals surface area (Å²) < 4.78 is 33.6. The van der Waals surface area contributed by atoms with E-state index >= 15 is 0 Å². The number of hydrogen-bond acceptors (Lipinski definition) is 4. The first-order valence-corrected chi connectivity index (χ1v) is 13.6. The van der Waals surface area contributed by atoms with Crippen LogP contribution in [-0.4, -0.2) is 15.5 Å². The summed E-state index contributed by atoms with van der Waals surface area (Å²) in [5.74, 6) is 0.746. The highest BCUT2D eigenvalue weighted by Crippen LogP contribution is 2.43. The summed E-state index contributed by atoms with van der Waals surface area (Å²) in [6, 6.07) is 19.6. The molecule has 0 aliphatic rings. The van der Waals surface area contributed by atoms with Crippen LogP contribution in [0.15, 0.2) is 71.6 Å². The maximum Gasteiger partial charge on any atom is 0.240 e. The van der Waals surface area contributed by atoms with E-state index in [-0.39, 0.29) is 11.4 Å². The van der Waals surface area contributed by atoms with Gasteiger partial charge in [0, 0.05) is 42.5 Å². The number of hydrogen-bond donors (Lipinski definition) is 1. The van der Waals surface area contributed by atoms with Gasteiger partial charge in [-0.2, -0.15) is 0 Å². The topological polar surface area (TPSA) is 55.4 Å². The Hall–Kier alpha value is -2.06. The smallest absolute Gasteiger partial charge is 0.240 e. The van der Waals surface area contributed by atoms with Crippen molar-refractivity contribution in [3.05, 3.63) is 92.2 Å². The van der Waals surface area contributed by atoms with Crippen molar-refractivity contribution in [2.75, 3.05) is 7.11 Å². The van der Waals surface area contributed by atoms with Crippen molar-refractivity contribution in [1.29, 1.82) is 0 Å². The van der Waals surface area contributed by atoms with Crippen LogP contribution in [0.1, 0.15) is 10.4 Å². The summed E-state index contributed by atoms with van der Waals surface area (Å²) in [7, 11) is -2.13. The van der Waals surface area contributed by atoms with E-state index < -0.39 is 10.0 Å². The van der Waals surface area contributed by atoms with E-state index in [1.165, 1.54) is 17.4 Å². The highest BCUT2D eigenvalue weighted by atomic mass is 35.5. The number of thiophene rings is 1. The Kier molecular flexibility index (Phi) is 7.57. The van der Waals surface area contributed by atoms with E-state index in [1.807, 2.05) is 43.3 Å². The highest BCUT2D eigenvalue weighted by molar-refractivity contribution is 7.89. The first-order chi connectivity index (χ1) is 16.2. The lowest BCUT2D eigenvalue weighted by Gasteiger charge is -2.08. The third kappa shape index (κ3) is 5.43. The number of halogens is 3. The van der Waals surface area contributed by atoms with Gasteiger partial charge in [-0.25, -0.2) is 13.1 Å². The van der Waals surface area contributed by atoms with E-state index in [2.05, 4.69) is 4.72 Å². The first-order valence-electron chi connectivity index (χ1n) is 10.2. The molecule has 0 saturated carbocycles. The molecule has 0 aliphatic carbocycles. The molecular formula is C25H20Cl3NO3S2. The average molecular weight is 553 g/mol. The lowest BCUT2D eigenvalue weighted by Crippen LogP contribution is -2.22. The molecule has 0 radical (unpaired) electrons. The zero-order valence-electron chi connectivity index (χ0n) is 18.2. The number of aryl methyl sites for hydroxylation is 1. The molecule has 4 nitrogen and oxygen atoms in total. The van der Waals surface area contributed by atoms with Crippen LogP contribution in [0.4, 0.5) is 0 Å². The van der Waals surface area contributed by atoms with E-state index in [4.69, 9.17) is 39.5 Å². The molecule has 0 atom stereocenters. The second kappa shape index (κ2) is 10.3. The minimum atomic E-state index is -3.74. The molecule has 0 aliphatic heterocycles. The SMILES string of the molecule is COc1ccc(-c2sc(CNS(=O)(=O)c3ccc(C)c(Cl)c3)cc2-c2ccc(Cl)cc2Cl)cc1. The molecular weight excluding hydrogens is 533 g/mol. The zero-order chi connectivity index (χ0) is 24.5. The van der Waals surface area contributed by atoms with Crippen LogP contribution in [0, 0.1) is 6.92 Å². The van der Waals surface area contributed by atoms with Crippen LogP contribution >= 0.6 is 46.1 Å². The monoisotopic (exact) mass is 551 g/mol. The molecule has 4 aromatic rings. The summed E-state index contributed by atoms with van der Waals surface area (Å²) in [5.41, 5.74) is 3.48. The maximum absolute atomic E-state index is 12.8. The third-order valence-electron chi connectivity index (χ3n) is 5.25. The number of methoxy groups -OCH3 is 1. The van der Waals surface area contributed by atoms with Gasteiger partial charge in [0.1, 0.15) is 5.75 Å². The van der Waals surface area contributed by atoms with Crippen LogP contribution in [0.3, 0.4) is 0 Å². The molecule has 0 spiro atoms. The fourth-order valence-corrected chi connectivity index (χ4v) is 6.38. The predicted octanol–water partition coefficient (Wildman–Crippen LogP) is 7.84. The van der Waals surface area contributed by atoms with Gasteiger partial charge in [0.15, 0.2) is 0 Å². The molecule has 4 rings (SSSR count). The van der Waals surface area contributed by atoms with Gasteiger partial charge in [-0.3, -0.25) is 0 Å². The van der Waals surface area contributed by atoms with Crippen LogP contribution in [0.5, 0.6) is 5.75 Å². The van der Waals surface area contributed by atoms with Gasteiger partial charge in [-0.05, 0) is 72.6 Å². The predicted molar refractivity (Wildman–Crippen MR) is 142 cm³/mol. The molecule has 1 aromatic heterocycles. The Bertz CT molecular complexity index is 1450. The second-order valence-corrected chi connectivity index (χ2v) is 11.7. The van der Waals surface area contributed by atoms with Gasteiger partial charge in [0.05, 0.1) is 12.0 Å². The van der Waals surface area contributed by atoms with Crippen molar-refractivity contribution in [1.82, 2.24) is 4.72 Å². The normalized spacial score (nSPS) is 11.6. The zero-order valence-corrected chi connectivity index (χ0v) is 22.1. The number of sulfonamides is 1. The van der Waals surface area contributed by atoms with E-state index in [0.717, 1.165) is 37.8 Å².